The molecule has 0 aliphatic rings. The molecular formula is C10H11BrClN. The maximum atomic E-state index is 5.98. The summed E-state index contributed by atoms with van der Waals surface area (Å²) in [6.07, 6.45) is 4.04. The van der Waals surface area contributed by atoms with Crippen molar-refractivity contribution in [2.75, 3.05) is 13.6 Å². The van der Waals surface area contributed by atoms with Gasteiger partial charge in [0.15, 0.2) is 0 Å². The van der Waals surface area contributed by atoms with Crippen molar-refractivity contribution in [2.24, 2.45) is 0 Å². The molecule has 0 saturated carbocycles. The zero-order valence-corrected chi connectivity index (χ0v) is 9.69. The Labute approximate surface area is 91.9 Å². The maximum absolute atomic E-state index is 5.98. The monoisotopic (exact) mass is 259 g/mol. The Kier molecular flexibility index (Phi) is 4.50. The van der Waals surface area contributed by atoms with Gasteiger partial charge >= 0.3 is 0 Å². The zero-order valence-electron chi connectivity index (χ0n) is 7.35. The molecule has 0 aliphatic heterocycles. The lowest BCUT2D eigenvalue weighted by molar-refractivity contribution is 0.922. The van der Waals surface area contributed by atoms with Crippen LogP contribution in [0.5, 0.6) is 0 Å². The highest BCUT2D eigenvalue weighted by molar-refractivity contribution is 9.10. The SMILES string of the molecule is CNC/C=C/c1cc(Br)ccc1Cl. The summed E-state index contributed by atoms with van der Waals surface area (Å²) in [5, 5.41) is 3.80. The summed E-state index contributed by atoms with van der Waals surface area (Å²) in [7, 11) is 1.91. The number of hydrogen-bond acceptors (Lipinski definition) is 1. The molecule has 70 valence electrons. The fourth-order valence-electron chi connectivity index (χ4n) is 0.946. The van der Waals surface area contributed by atoms with Gasteiger partial charge in [-0.05, 0) is 30.8 Å². The van der Waals surface area contributed by atoms with Crippen LogP contribution in [0.25, 0.3) is 6.08 Å². The largest absolute Gasteiger partial charge is 0.316 e. The van der Waals surface area contributed by atoms with E-state index in [2.05, 4.69) is 21.2 Å². The lowest BCUT2D eigenvalue weighted by Gasteiger charge is -1.98. The fraction of sp³-hybridized carbons (Fsp3) is 0.200. The molecule has 1 N–H and O–H groups in total. The van der Waals surface area contributed by atoms with E-state index in [1.54, 1.807) is 0 Å². The quantitative estimate of drug-likeness (QED) is 0.879. The average molecular weight is 261 g/mol. The highest BCUT2D eigenvalue weighted by Gasteiger charge is 1.95. The summed E-state index contributed by atoms with van der Waals surface area (Å²) in [5.41, 5.74) is 1.03. The standard InChI is InChI=1S/C10H11BrClN/c1-13-6-2-3-8-7-9(11)4-5-10(8)12/h2-5,7,13H,6H2,1H3/b3-2+. The minimum atomic E-state index is 0.774. The van der Waals surface area contributed by atoms with Crippen LogP contribution in [0.2, 0.25) is 5.02 Å². The van der Waals surface area contributed by atoms with Crippen LogP contribution in [0.3, 0.4) is 0 Å². The van der Waals surface area contributed by atoms with E-state index >= 15 is 0 Å². The van der Waals surface area contributed by atoms with E-state index in [4.69, 9.17) is 11.6 Å². The van der Waals surface area contributed by atoms with E-state index in [-0.39, 0.29) is 0 Å². The second-order valence-electron chi connectivity index (χ2n) is 2.63. The Hall–Kier alpha value is -0.310. The van der Waals surface area contributed by atoms with Crippen LogP contribution in [0.15, 0.2) is 28.7 Å². The van der Waals surface area contributed by atoms with Gasteiger partial charge in [-0.25, -0.2) is 0 Å². The van der Waals surface area contributed by atoms with Gasteiger partial charge in [0.2, 0.25) is 0 Å². The predicted octanol–water partition coefficient (Wildman–Crippen LogP) is 3.34. The van der Waals surface area contributed by atoms with Crippen LogP contribution in [0.4, 0.5) is 0 Å². The Morgan fingerprint density at radius 3 is 3.00 bits per heavy atom. The molecule has 0 spiro atoms. The van der Waals surface area contributed by atoms with E-state index in [0.717, 1.165) is 21.6 Å². The van der Waals surface area contributed by atoms with Gasteiger partial charge in [0.05, 0.1) is 0 Å². The second kappa shape index (κ2) is 5.43. The van der Waals surface area contributed by atoms with Crippen molar-refractivity contribution in [3.05, 3.63) is 39.3 Å². The molecule has 0 aromatic heterocycles. The third-order valence-electron chi connectivity index (χ3n) is 1.58. The molecule has 0 radical (unpaired) electrons. The lowest BCUT2D eigenvalue weighted by Crippen LogP contribution is -2.03. The molecule has 13 heavy (non-hydrogen) atoms. The number of nitrogens with one attached hydrogen (secondary N) is 1. The molecule has 0 amide bonds. The van der Waals surface area contributed by atoms with Crippen LogP contribution in [0.1, 0.15) is 5.56 Å². The van der Waals surface area contributed by atoms with Gasteiger partial charge in [0, 0.05) is 16.0 Å². The third-order valence-corrected chi connectivity index (χ3v) is 2.41. The van der Waals surface area contributed by atoms with Gasteiger partial charge in [-0.1, -0.05) is 39.7 Å². The van der Waals surface area contributed by atoms with Crippen LogP contribution in [0, 0.1) is 0 Å². The van der Waals surface area contributed by atoms with Crippen LogP contribution in [-0.4, -0.2) is 13.6 Å². The number of hydrogen-bond donors (Lipinski definition) is 1. The van der Waals surface area contributed by atoms with Crippen molar-refractivity contribution >= 4 is 33.6 Å². The Balaban J connectivity index is 2.81. The minimum absolute atomic E-state index is 0.774. The van der Waals surface area contributed by atoms with Crippen LogP contribution < -0.4 is 5.32 Å². The Bertz CT molecular complexity index is 310. The molecule has 0 aliphatic carbocycles. The van der Waals surface area contributed by atoms with E-state index in [1.807, 2.05) is 37.4 Å². The van der Waals surface area contributed by atoms with E-state index < -0.39 is 0 Å². The average Bonchev–Trinajstić information content (AvgIpc) is 2.11. The van der Waals surface area contributed by atoms with E-state index in [0.29, 0.717) is 0 Å². The smallest absolute Gasteiger partial charge is 0.0479 e. The summed E-state index contributed by atoms with van der Waals surface area (Å²) in [6.45, 7) is 0.850. The molecule has 0 fully saturated rings. The number of likely N-dealkylation sites (N-methyl/N-ethyl adjacent to an activating group) is 1. The molecule has 1 aromatic carbocycles. The fourth-order valence-corrected chi connectivity index (χ4v) is 1.51. The van der Waals surface area contributed by atoms with Crippen molar-refractivity contribution in [2.45, 2.75) is 0 Å². The number of halogens is 2. The molecule has 0 saturated heterocycles. The highest BCUT2D eigenvalue weighted by Crippen LogP contribution is 2.21. The molecule has 0 atom stereocenters. The Morgan fingerprint density at radius 1 is 1.54 bits per heavy atom. The van der Waals surface area contributed by atoms with Crippen LogP contribution >= 0.6 is 27.5 Å². The first-order chi connectivity index (χ1) is 6.24. The van der Waals surface area contributed by atoms with Gasteiger partial charge in [-0.2, -0.15) is 0 Å². The van der Waals surface area contributed by atoms with Gasteiger partial charge < -0.3 is 5.32 Å². The highest BCUT2D eigenvalue weighted by atomic mass is 79.9. The first-order valence-corrected chi connectivity index (χ1v) is 5.17. The molecule has 1 nitrogen and oxygen atoms in total. The lowest BCUT2D eigenvalue weighted by atomic mass is 10.2. The first kappa shape index (κ1) is 10.8. The number of benzene rings is 1. The van der Waals surface area contributed by atoms with Crippen molar-refractivity contribution in [1.82, 2.24) is 5.32 Å². The van der Waals surface area contributed by atoms with E-state index in [1.165, 1.54) is 0 Å². The zero-order chi connectivity index (χ0) is 9.68. The first-order valence-electron chi connectivity index (χ1n) is 4.00. The van der Waals surface area contributed by atoms with Crippen molar-refractivity contribution < 1.29 is 0 Å². The molecule has 0 heterocycles. The molecular weight excluding hydrogens is 249 g/mol. The Morgan fingerprint density at radius 2 is 2.31 bits per heavy atom. The van der Waals surface area contributed by atoms with Crippen LogP contribution in [-0.2, 0) is 0 Å². The van der Waals surface area contributed by atoms with Gasteiger partial charge in [-0.15, -0.1) is 0 Å². The normalized spacial score (nSPS) is 11.0. The molecule has 1 aromatic rings. The van der Waals surface area contributed by atoms with Gasteiger partial charge in [-0.3, -0.25) is 0 Å². The third kappa shape index (κ3) is 3.51. The molecule has 3 heteroatoms. The van der Waals surface area contributed by atoms with Gasteiger partial charge in [0.1, 0.15) is 0 Å². The second-order valence-corrected chi connectivity index (χ2v) is 3.95. The van der Waals surface area contributed by atoms with E-state index in [9.17, 15) is 0 Å². The van der Waals surface area contributed by atoms with Gasteiger partial charge in [0.25, 0.3) is 0 Å². The maximum Gasteiger partial charge on any atom is 0.0479 e. The summed E-state index contributed by atoms with van der Waals surface area (Å²) in [4.78, 5) is 0. The summed E-state index contributed by atoms with van der Waals surface area (Å²) >= 11 is 9.38. The number of rotatable bonds is 3. The molecule has 1 rings (SSSR count). The topological polar surface area (TPSA) is 12.0 Å². The van der Waals surface area contributed by atoms with Crippen molar-refractivity contribution in [3.63, 3.8) is 0 Å². The van der Waals surface area contributed by atoms with Crippen molar-refractivity contribution in [1.29, 1.82) is 0 Å². The minimum Gasteiger partial charge on any atom is -0.316 e. The molecule has 0 bridgehead atoms. The van der Waals surface area contributed by atoms with Crippen molar-refractivity contribution in [3.8, 4) is 0 Å². The molecule has 0 unspecified atom stereocenters. The summed E-state index contributed by atoms with van der Waals surface area (Å²) in [5.74, 6) is 0. The summed E-state index contributed by atoms with van der Waals surface area (Å²) in [6, 6.07) is 5.80. The predicted molar refractivity (Wildman–Crippen MR) is 62.1 cm³/mol. The summed E-state index contributed by atoms with van der Waals surface area (Å²) < 4.78 is 1.04.